The minimum Gasteiger partial charge on any atom is -0.272 e. The number of thioether (sulfide) groups is 1. The summed E-state index contributed by atoms with van der Waals surface area (Å²) in [5.74, 6) is -0.238. The van der Waals surface area contributed by atoms with Gasteiger partial charge in [-0.05, 0) is 47.8 Å². The Bertz CT molecular complexity index is 1270. The van der Waals surface area contributed by atoms with Crippen LogP contribution in [0, 0.1) is 0 Å². The van der Waals surface area contributed by atoms with E-state index in [0.29, 0.717) is 26.8 Å². The van der Waals surface area contributed by atoms with E-state index in [2.05, 4.69) is 15.5 Å². The highest BCUT2D eigenvalue weighted by atomic mass is 35.5. The highest BCUT2D eigenvalue weighted by Gasteiger charge is 2.14. The number of nitrogens with zero attached hydrogens (tertiary/aromatic N) is 3. The van der Waals surface area contributed by atoms with Crippen LogP contribution in [0.15, 0.2) is 81.1 Å². The van der Waals surface area contributed by atoms with Crippen LogP contribution in [-0.4, -0.2) is 27.4 Å². The van der Waals surface area contributed by atoms with Crippen molar-refractivity contribution in [3.63, 3.8) is 0 Å². The van der Waals surface area contributed by atoms with Gasteiger partial charge in [-0.25, -0.2) is 10.4 Å². The van der Waals surface area contributed by atoms with Crippen LogP contribution in [0.5, 0.6) is 0 Å². The maximum Gasteiger partial charge on any atom is 0.266 e. The van der Waals surface area contributed by atoms with Gasteiger partial charge in [0.2, 0.25) is 0 Å². The minimum atomic E-state index is -0.294. The van der Waals surface area contributed by atoms with Crippen molar-refractivity contribution in [1.29, 1.82) is 0 Å². The van der Waals surface area contributed by atoms with Crippen LogP contribution < -0.4 is 11.0 Å². The van der Waals surface area contributed by atoms with Crippen molar-refractivity contribution >= 4 is 57.7 Å². The molecule has 4 aromatic rings. The first-order valence-electron chi connectivity index (χ1n) is 8.88. The lowest BCUT2D eigenvalue weighted by molar-refractivity contribution is -0.118. The van der Waals surface area contributed by atoms with E-state index in [-0.39, 0.29) is 17.2 Å². The predicted octanol–water partition coefficient (Wildman–Crippen LogP) is 4.34. The molecule has 0 bridgehead atoms. The number of rotatable bonds is 6. The zero-order valence-corrected chi connectivity index (χ0v) is 17.9. The number of benzene rings is 2. The van der Waals surface area contributed by atoms with Gasteiger partial charge >= 0.3 is 0 Å². The first-order valence-corrected chi connectivity index (χ1v) is 11.1. The van der Waals surface area contributed by atoms with Gasteiger partial charge in [-0.15, -0.1) is 11.3 Å². The Balaban J connectivity index is 1.60. The predicted molar refractivity (Wildman–Crippen MR) is 123 cm³/mol. The Morgan fingerprint density at radius 2 is 1.97 bits per heavy atom. The van der Waals surface area contributed by atoms with Crippen LogP contribution in [-0.2, 0) is 4.79 Å². The molecule has 0 unspecified atom stereocenters. The molecule has 150 valence electrons. The number of carbonyl (C=O) groups is 1. The molecule has 2 aromatic carbocycles. The van der Waals surface area contributed by atoms with E-state index in [0.717, 1.165) is 4.88 Å². The van der Waals surface area contributed by atoms with Gasteiger partial charge in [0, 0.05) is 9.90 Å². The van der Waals surface area contributed by atoms with Gasteiger partial charge in [0.25, 0.3) is 11.5 Å². The second-order valence-corrected chi connectivity index (χ2v) is 8.48. The van der Waals surface area contributed by atoms with E-state index in [9.17, 15) is 9.59 Å². The SMILES string of the molecule is O=C(CSc1nc2ccccc2c(=O)n1-c1ccc(Cl)cc1)NN=Cc1cccs1. The number of aromatic nitrogens is 2. The van der Waals surface area contributed by atoms with E-state index in [1.807, 2.05) is 23.6 Å². The Hall–Kier alpha value is -2.94. The first kappa shape index (κ1) is 20.3. The Morgan fingerprint density at radius 3 is 2.73 bits per heavy atom. The quantitative estimate of drug-likeness (QED) is 0.203. The van der Waals surface area contributed by atoms with E-state index < -0.39 is 0 Å². The summed E-state index contributed by atoms with van der Waals surface area (Å²) >= 11 is 8.68. The summed E-state index contributed by atoms with van der Waals surface area (Å²) in [6.07, 6.45) is 1.59. The second-order valence-electron chi connectivity index (χ2n) is 6.13. The van der Waals surface area contributed by atoms with Crippen LogP contribution in [0.1, 0.15) is 4.88 Å². The molecule has 4 rings (SSSR count). The minimum absolute atomic E-state index is 0.0557. The van der Waals surface area contributed by atoms with Crippen molar-refractivity contribution in [1.82, 2.24) is 15.0 Å². The van der Waals surface area contributed by atoms with Crippen molar-refractivity contribution in [2.75, 3.05) is 5.75 Å². The van der Waals surface area contributed by atoms with Crippen LogP contribution >= 0.6 is 34.7 Å². The molecule has 0 atom stereocenters. The summed E-state index contributed by atoms with van der Waals surface area (Å²) in [7, 11) is 0. The number of para-hydroxylation sites is 1. The van der Waals surface area contributed by atoms with E-state index in [1.54, 1.807) is 48.7 Å². The van der Waals surface area contributed by atoms with E-state index in [1.165, 1.54) is 27.7 Å². The molecule has 2 heterocycles. The van der Waals surface area contributed by atoms with Crippen LogP contribution in [0.4, 0.5) is 0 Å². The molecule has 0 radical (unpaired) electrons. The van der Waals surface area contributed by atoms with Gasteiger partial charge < -0.3 is 0 Å². The summed E-state index contributed by atoms with van der Waals surface area (Å²) in [5, 5.41) is 7.37. The highest BCUT2D eigenvalue weighted by molar-refractivity contribution is 7.99. The van der Waals surface area contributed by atoms with Crippen molar-refractivity contribution in [3.05, 3.63) is 86.3 Å². The molecule has 0 aliphatic carbocycles. The van der Waals surface area contributed by atoms with Gasteiger partial charge in [-0.2, -0.15) is 5.10 Å². The number of hydrogen-bond donors (Lipinski definition) is 1. The van der Waals surface area contributed by atoms with Gasteiger partial charge in [0.05, 0.1) is 28.6 Å². The Kier molecular flexibility index (Phi) is 6.27. The highest BCUT2D eigenvalue weighted by Crippen LogP contribution is 2.22. The summed E-state index contributed by atoms with van der Waals surface area (Å²) in [6.45, 7) is 0. The van der Waals surface area contributed by atoms with Crippen molar-refractivity contribution < 1.29 is 4.79 Å². The average molecular weight is 455 g/mol. The summed E-state index contributed by atoms with van der Waals surface area (Å²) < 4.78 is 1.49. The Morgan fingerprint density at radius 1 is 1.17 bits per heavy atom. The number of thiophene rings is 1. The molecule has 0 saturated carbocycles. The van der Waals surface area contributed by atoms with Gasteiger partial charge in [-0.1, -0.05) is 41.6 Å². The number of hydrazone groups is 1. The average Bonchev–Trinajstić information content (AvgIpc) is 3.27. The molecule has 1 amide bonds. The first-order chi connectivity index (χ1) is 14.6. The van der Waals surface area contributed by atoms with Crippen molar-refractivity contribution in [2.45, 2.75) is 5.16 Å². The molecule has 0 saturated heterocycles. The van der Waals surface area contributed by atoms with Crippen molar-refractivity contribution in [3.8, 4) is 5.69 Å². The van der Waals surface area contributed by atoms with Gasteiger partial charge in [0.1, 0.15) is 0 Å². The number of fused-ring (bicyclic) bond motifs is 1. The monoisotopic (exact) mass is 454 g/mol. The fourth-order valence-electron chi connectivity index (χ4n) is 2.72. The number of hydrogen-bond acceptors (Lipinski definition) is 6. The number of nitrogens with one attached hydrogen (secondary N) is 1. The molecular formula is C21H15ClN4O2S2. The standard InChI is InChI=1S/C21H15ClN4O2S2/c22-14-7-9-15(10-8-14)26-20(28)17-5-1-2-6-18(17)24-21(26)30-13-19(27)25-23-12-16-4-3-11-29-16/h1-12H,13H2,(H,25,27). The molecule has 0 spiro atoms. The van der Waals surface area contributed by atoms with E-state index in [4.69, 9.17) is 11.6 Å². The fraction of sp³-hybridized carbons (Fsp3) is 0.0476. The zero-order valence-electron chi connectivity index (χ0n) is 15.5. The van der Waals surface area contributed by atoms with Gasteiger partial charge in [-0.3, -0.25) is 14.2 Å². The second kappa shape index (κ2) is 9.25. The van der Waals surface area contributed by atoms with Crippen LogP contribution in [0.25, 0.3) is 16.6 Å². The molecule has 9 heteroatoms. The molecule has 0 aliphatic rings. The molecule has 0 aliphatic heterocycles. The summed E-state index contributed by atoms with van der Waals surface area (Å²) in [6, 6.07) is 17.8. The Labute approximate surface area is 185 Å². The number of carbonyl (C=O) groups excluding carboxylic acids is 1. The van der Waals surface area contributed by atoms with Gasteiger partial charge in [0.15, 0.2) is 5.16 Å². The van der Waals surface area contributed by atoms with Crippen LogP contribution in [0.2, 0.25) is 5.02 Å². The molecular weight excluding hydrogens is 440 g/mol. The lowest BCUT2D eigenvalue weighted by Crippen LogP contribution is -2.24. The third-order valence-electron chi connectivity index (χ3n) is 4.09. The smallest absolute Gasteiger partial charge is 0.266 e. The lowest BCUT2D eigenvalue weighted by Gasteiger charge is -2.13. The number of halogens is 1. The summed E-state index contributed by atoms with van der Waals surface area (Å²) in [4.78, 5) is 30.9. The molecule has 1 N–H and O–H groups in total. The van der Waals surface area contributed by atoms with Crippen LogP contribution in [0.3, 0.4) is 0 Å². The van der Waals surface area contributed by atoms with E-state index >= 15 is 0 Å². The third kappa shape index (κ3) is 4.62. The molecule has 2 aromatic heterocycles. The zero-order chi connectivity index (χ0) is 20.9. The normalized spacial score (nSPS) is 11.2. The maximum atomic E-state index is 13.1. The molecule has 6 nitrogen and oxygen atoms in total. The fourth-order valence-corrected chi connectivity index (χ4v) is 4.24. The number of amides is 1. The topological polar surface area (TPSA) is 76.3 Å². The largest absolute Gasteiger partial charge is 0.272 e. The lowest BCUT2D eigenvalue weighted by atomic mass is 10.2. The van der Waals surface area contributed by atoms with Crippen molar-refractivity contribution in [2.24, 2.45) is 5.10 Å². The summed E-state index contributed by atoms with van der Waals surface area (Å²) in [5.41, 5.74) is 3.49. The molecule has 0 fully saturated rings. The molecule has 30 heavy (non-hydrogen) atoms. The maximum absolute atomic E-state index is 13.1. The third-order valence-corrected chi connectivity index (χ3v) is 6.08.